The van der Waals surface area contributed by atoms with Crippen LogP contribution in [0.4, 0.5) is 5.69 Å². The summed E-state index contributed by atoms with van der Waals surface area (Å²) in [6.45, 7) is 1.66. The third-order valence-electron chi connectivity index (χ3n) is 2.20. The molecule has 0 saturated carbocycles. The van der Waals surface area contributed by atoms with Gasteiger partial charge in [-0.25, -0.2) is 0 Å². The fraction of sp³-hybridized carbons (Fsp3) is 0.500. The van der Waals surface area contributed by atoms with E-state index < -0.39 is 6.10 Å². The van der Waals surface area contributed by atoms with E-state index in [0.717, 1.165) is 10.2 Å². The van der Waals surface area contributed by atoms with Crippen molar-refractivity contribution in [3.8, 4) is 0 Å². The van der Waals surface area contributed by atoms with Crippen LogP contribution in [0.5, 0.6) is 0 Å². The highest BCUT2D eigenvalue weighted by atomic mass is 79.9. The highest BCUT2D eigenvalue weighted by Crippen LogP contribution is 2.25. The van der Waals surface area contributed by atoms with Gasteiger partial charge in [-0.3, -0.25) is 0 Å². The molecule has 0 amide bonds. The van der Waals surface area contributed by atoms with Crippen LogP contribution < -0.4 is 5.32 Å². The molecule has 0 aliphatic carbocycles. The summed E-state index contributed by atoms with van der Waals surface area (Å²) in [7, 11) is 1.61. The Bertz CT molecular complexity index is 365. The van der Waals surface area contributed by atoms with Crippen molar-refractivity contribution >= 4 is 33.2 Å². The van der Waals surface area contributed by atoms with E-state index in [9.17, 15) is 5.11 Å². The van der Waals surface area contributed by atoms with Crippen LogP contribution in [0.1, 0.15) is 0 Å². The maximum absolute atomic E-state index is 9.67. The van der Waals surface area contributed by atoms with E-state index in [0.29, 0.717) is 24.8 Å². The maximum Gasteiger partial charge on any atom is 0.0945 e. The first-order valence-corrected chi connectivity index (χ1v) is 6.74. The quantitative estimate of drug-likeness (QED) is 0.715. The van der Waals surface area contributed by atoms with Gasteiger partial charge >= 0.3 is 0 Å². The second kappa shape index (κ2) is 8.72. The van der Waals surface area contributed by atoms with Crippen molar-refractivity contribution in [2.45, 2.75) is 6.10 Å². The predicted octanol–water partition coefficient (Wildman–Crippen LogP) is 2.54. The van der Waals surface area contributed by atoms with Crippen molar-refractivity contribution in [3.63, 3.8) is 0 Å². The smallest absolute Gasteiger partial charge is 0.0945 e. The monoisotopic (exact) mass is 337 g/mol. The average Bonchev–Trinajstić information content (AvgIpc) is 2.33. The summed E-state index contributed by atoms with van der Waals surface area (Å²) in [4.78, 5) is 0. The molecule has 1 aromatic carbocycles. The molecule has 2 N–H and O–H groups in total. The Labute approximate surface area is 120 Å². The van der Waals surface area contributed by atoms with Crippen molar-refractivity contribution in [3.05, 3.63) is 27.7 Å². The van der Waals surface area contributed by atoms with Crippen molar-refractivity contribution in [1.29, 1.82) is 0 Å². The number of rotatable bonds is 8. The molecule has 1 rings (SSSR count). The molecule has 0 saturated heterocycles. The lowest BCUT2D eigenvalue weighted by molar-refractivity contribution is 0.0182. The number of aliphatic hydroxyl groups is 1. The van der Waals surface area contributed by atoms with Crippen molar-refractivity contribution < 1.29 is 14.6 Å². The average molecular weight is 339 g/mol. The first-order chi connectivity index (χ1) is 8.63. The Balaban J connectivity index is 2.27. The molecule has 0 aromatic heterocycles. The van der Waals surface area contributed by atoms with E-state index in [1.54, 1.807) is 13.2 Å². The molecule has 0 aliphatic rings. The zero-order valence-corrected chi connectivity index (χ0v) is 12.5. The molecular formula is C12H17BrClNO3. The molecule has 1 aromatic rings. The van der Waals surface area contributed by atoms with Gasteiger partial charge in [0.15, 0.2) is 0 Å². The minimum atomic E-state index is -0.582. The summed E-state index contributed by atoms with van der Waals surface area (Å²) in [6.07, 6.45) is -0.582. The number of benzene rings is 1. The number of hydrogen-bond acceptors (Lipinski definition) is 4. The van der Waals surface area contributed by atoms with Crippen LogP contribution in [0, 0.1) is 0 Å². The molecule has 18 heavy (non-hydrogen) atoms. The molecule has 0 fully saturated rings. The molecule has 1 unspecified atom stereocenters. The molecular weight excluding hydrogens is 321 g/mol. The van der Waals surface area contributed by atoms with Gasteiger partial charge < -0.3 is 19.9 Å². The molecule has 0 aliphatic heterocycles. The van der Waals surface area contributed by atoms with Gasteiger partial charge in [-0.15, -0.1) is 0 Å². The topological polar surface area (TPSA) is 50.7 Å². The van der Waals surface area contributed by atoms with Crippen LogP contribution >= 0.6 is 27.5 Å². The van der Waals surface area contributed by atoms with Crippen LogP contribution in [-0.4, -0.2) is 44.7 Å². The van der Waals surface area contributed by atoms with Crippen molar-refractivity contribution in [1.82, 2.24) is 0 Å². The number of nitrogens with one attached hydrogen (secondary N) is 1. The highest BCUT2D eigenvalue weighted by molar-refractivity contribution is 9.10. The number of methoxy groups -OCH3 is 1. The minimum absolute atomic E-state index is 0.268. The second-order valence-electron chi connectivity index (χ2n) is 3.73. The molecule has 0 heterocycles. The SMILES string of the molecule is COCCOCC(O)CNc1ccc(Br)cc1Cl. The van der Waals surface area contributed by atoms with Crippen LogP contribution in [0.3, 0.4) is 0 Å². The summed E-state index contributed by atoms with van der Waals surface area (Å²) in [5, 5.41) is 13.3. The number of aliphatic hydroxyl groups excluding tert-OH is 1. The van der Waals surface area contributed by atoms with Crippen molar-refractivity contribution in [2.75, 3.05) is 38.8 Å². The molecule has 102 valence electrons. The summed E-state index contributed by atoms with van der Waals surface area (Å²) in [5.41, 5.74) is 0.788. The lowest BCUT2D eigenvalue weighted by atomic mass is 10.3. The van der Waals surface area contributed by atoms with E-state index in [2.05, 4.69) is 21.2 Å². The lowest BCUT2D eigenvalue weighted by Gasteiger charge is -2.14. The van der Waals surface area contributed by atoms with Gasteiger partial charge in [0.1, 0.15) is 0 Å². The zero-order chi connectivity index (χ0) is 13.4. The summed E-state index contributed by atoms with van der Waals surface area (Å²) < 4.78 is 11.0. The number of halogens is 2. The van der Waals surface area contributed by atoms with E-state index in [-0.39, 0.29) is 6.61 Å². The fourth-order valence-electron chi connectivity index (χ4n) is 1.28. The third-order valence-corrected chi connectivity index (χ3v) is 3.01. The first-order valence-electron chi connectivity index (χ1n) is 5.57. The standard InChI is InChI=1S/C12H17BrClNO3/c1-17-4-5-18-8-10(16)7-15-12-3-2-9(13)6-11(12)14/h2-3,6,10,15-16H,4-5,7-8H2,1H3. The van der Waals surface area contributed by atoms with Gasteiger partial charge in [-0.1, -0.05) is 27.5 Å². The van der Waals surface area contributed by atoms with Gasteiger partial charge in [-0.2, -0.15) is 0 Å². The van der Waals surface area contributed by atoms with Gasteiger partial charge in [-0.05, 0) is 18.2 Å². The second-order valence-corrected chi connectivity index (χ2v) is 5.05. The molecule has 4 nitrogen and oxygen atoms in total. The lowest BCUT2D eigenvalue weighted by Crippen LogP contribution is -2.25. The third kappa shape index (κ3) is 6.02. The van der Waals surface area contributed by atoms with Crippen LogP contribution in [0.2, 0.25) is 5.02 Å². The largest absolute Gasteiger partial charge is 0.389 e. The summed E-state index contributed by atoms with van der Waals surface area (Å²) in [5.74, 6) is 0. The molecule has 0 spiro atoms. The number of ether oxygens (including phenoxy) is 2. The minimum Gasteiger partial charge on any atom is -0.389 e. The number of anilines is 1. The van der Waals surface area contributed by atoms with E-state index in [4.69, 9.17) is 21.1 Å². The van der Waals surface area contributed by atoms with Gasteiger partial charge in [0.25, 0.3) is 0 Å². The summed E-state index contributed by atoms with van der Waals surface area (Å²) in [6, 6.07) is 5.53. The van der Waals surface area contributed by atoms with Crippen LogP contribution in [-0.2, 0) is 9.47 Å². The Morgan fingerprint density at radius 2 is 2.22 bits per heavy atom. The van der Waals surface area contributed by atoms with Gasteiger partial charge in [0.2, 0.25) is 0 Å². The molecule has 0 radical (unpaired) electrons. The van der Waals surface area contributed by atoms with E-state index in [1.165, 1.54) is 0 Å². The van der Waals surface area contributed by atoms with Gasteiger partial charge in [0, 0.05) is 18.1 Å². The maximum atomic E-state index is 9.67. The molecule has 0 bridgehead atoms. The zero-order valence-electron chi connectivity index (χ0n) is 10.2. The highest BCUT2D eigenvalue weighted by Gasteiger charge is 2.06. The Hall–Kier alpha value is -0.330. The van der Waals surface area contributed by atoms with E-state index in [1.807, 2.05) is 12.1 Å². The van der Waals surface area contributed by atoms with E-state index >= 15 is 0 Å². The Kier molecular flexibility index (Phi) is 7.62. The van der Waals surface area contributed by atoms with Gasteiger partial charge in [0.05, 0.1) is 36.6 Å². The normalized spacial score (nSPS) is 12.4. The Morgan fingerprint density at radius 3 is 2.89 bits per heavy atom. The predicted molar refractivity (Wildman–Crippen MR) is 76.3 cm³/mol. The molecule has 6 heteroatoms. The first kappa shape index (κ1) is 15.7. The number of hydrogen-bond donors (Lipinski definition) is 2. The Morgan fingerprint density at radius 1 is 1.44 bits per heavy atom. The van der Waals surface area contributed by atoms with Crippen LogP contribution in [0.25, 0.3) is 0 Å². The van der Waals surface area contributed by atoms with Crippen LogP contribution in [0.15, 0.2) is 22.7 Å². The fourth-order valence-corrected chi connectivity index (χ4v) is 2.02. The summed E-state index contributed by atoms with van der Waals surface area (Å²) >= 11 is 9.37. The van der Waals surface area contributed by atoms with Crippen molar-refractivity contribution in [2.24, 2.45) is 0 Å². The molecule has 1 atom stereocenters.